The Hall–Kier alpha value is 0.170. The quantitative estimate of drug-likeness (QED) is 0.611. The van der Waals surface area contributed by atoms with Crippen molar-refractivity contribution in [2.24, 2.45) is 0 Å². The van der Waals surface area contributed by atoms with E-state index in [4.69, 9.17) is 0 Å². The van der Waals surface area contributed by atoms with Crippen molar-refractivity contribution < 1.29 is 22.1 Å². The van der Waals surface area contributed by atoms with Gasteiger partial charge in [-0.05, 0) is 27.7 Å². The van der Waals surface area contributed by atoms with Gasteiger partial charge in [-0.2, -0.15) is 5.06 Å². The molecule has 1 saturated heterocycles. The van der Waals surface area contributed by atoms with Crippen LogP contribution in [0.1, 0.15) is 40.5 Å². The van der Waals surface area contributed by atoms with Gasteiger partial charge in [-0.1, -0.05) is 0 Å². The molecule has 0 bridgehead atoms. The minimum atomic E-state index is -0.127. The fourth-order valence-corrected chi connectivity index (χ4v) is 2.77. The highest BCUT2D eigenvalue weighted by molar-refractivity contribution is 4.96. The number of nitrogens with zero attached hydrogens (tertiary/aromatic N) is 2. The number of rotatable bonds is 1. The van der Waals surface area contributed by atoms with E-state index < -0.39 is 0 Å². The Morgan fingerprint density at radius 3 is 1.56 bits per heavy atom. The third-order valence-electron chi connectivity index (χ3n) is 3.71. The Morgan fingerprint density at radius 2 is 1.31 bits per heavy atom. The average molecular weight is 251 g/mol. The summed E-state index contributed by atoms with van der Waals surface area (Å²) in [6.45, 7) is 8.49. The van der Waals surface area contributed by atoms with Crippen molar-refractivity contribution in [2.75, 3.05) is 21.1 Å². The first-order chi connectivity index (χ1) is 6.47. The third-order valence-corrected chi connectivity index (χ3v) is 3.71. The first kappa shape index (κ1) is 16.2. The Bertz CT molecular complexity index is 228. The van der Waals surface area contributed by atoms with Crippen molar-refractivity contribution in [3.8, 4) is 0 Å². The Balaban J connectivity index is 0.00000225. The van der Waals surface area contributed by atoms with Gasteiger partial charge >= 0.3 is 0 Å². The number of hydrogen-bond acceptors (Lipinski definition) is 2. The highest BCUT2D eigenvalue weighted by atomic mass is 35.5. The molecule has 0 unspecified atom stereocenters. The van der Waals surface area contributed by atoms with E-state index in [1.807, 2.05) is 0 Å². The molecule has 0 aromatic carbocycles. The van der Waals surface area contributed by atoms with Gasteiger partial charge in [0.1, 0.15) is 0 Å². The van der Waals surface area contributed by atoms with Crippen molar-refractivity contribution in [2.45, 2.75) is 57.7 Å². The maximum Gasteiger partial charge on any atom is 0.0921 e. The van der Waals surface area contributed by atoms with Crippen molar-refractivity contribution in [3.05, 3.63) is 0 Å². The van der Waals surface area contributed by atoms with Crippen molar-refractivity contribution >= 4 is 0 Å². The van der Waals surface area contributed by atoms with Crippen LogP contribution in [0.4, 0.5) is 0 Å². The summed E-state index contributed by atoms with van der Waals surface area (Å²) in [7, 11) is 6.72. The highest BCUT2D eigenvalue weighted by Crippen LogP contribution is 2.39. The zero-order chi connectivity index (χ0) is 12.1. The van der Waals surface area contributed by atoms with Crippen LogP contribution in [0, 0.1) is 0 Å². The fraction of sp³-hybridized carbons (Fsp3) is 1.00. The summed E-state index contributed by atoms with van der Waals surface area (Å²) in [5.74, 6) is 0. The van der Waals surface area contributed by atoms with Crippen LogP contribution in [0.5, 0.6) is 0 Å². The third kappa shape index (κ3) is 3.10. The molecule has 1 aliphatic rings. The van der Waals surface area contributed by atoms with Crippen LogP contribution in [0.3, 0.4) is 0 Å². The predicted octanol–water partition coefficient (Wildman–Crippen LogP) is -0.893. The van der Waals surface area contributed by atoms with Gasteiger partial charge in [0.05, 0.1) is 27.2 Å². The van der Waals surface area contributed by atoms with Crippen LogP contribution in [0.25, 0.3) is 0 Å². The molecule has 16 heavy (non-hydrogen) atoms. The van der Waals surface area contributed by atoms with Crippen LogP contribution >= 0.6 is 0 Å². The van der Waals surface area contributed by atoms with E-state index in [1.54, 1.807) is 5.06 Å². The van der Waals surface area contributed by atoms with Gasteiger partial charge in [0, 0.05) is 23.9 Å². The second kappa shape index (κ2) is 4.45. The van der Waals surface area contributed by atoms with Crippen LogP contribution in [-0.2, 0) is 0 Å². The molecule has 0 aliphatic carbocycles. The molecule has 0 aromatic rings. The molecule has 0 atom stereocenters. The summed E-state index contributed by atoms with van der Waals surface area (Å²) in [6.07, 6.45) is 2.08. The smallest absolute Gasteiger partial charge is 0.0921 e. The SMILES string of the molecule is CC1(C)CC([N+](C)(C)C)CC(C)(C)N1O.[Cl-]. The van der Waals surface area contributed by atoms with Gasteiger partial charge in [0.25, 0.3) is 0 Å². The van der Waals surface area contributed by atoms with Crippen LogP contribution in [0.2, 0.25) is 0 Å². The monoisotopic (exact) mass is 250 g/mol. The van der Waals surface area contributed by atoms with E-state index in [0.717, 1.165) is 17.3 Å². The number of halogens is 1. The van der Waals surface area contributed by atoms with Gasteiger partial charge in [-0.3, -0.25) is 0 Å². The topological polar surface area (TPSA) is 23.5 Å². The zero-order valence-corrected chi connectivity index (χ0v) is 12.5. The first-order valence-electron chi connectivity index (χ1n) is 5.77. The molecule has 0 amide bonds. The van der Waals surface area contributed by atoms with Gasteiger partial charge < -0.3 is 22.1 Å². The molecule has 0 spiro atoms. The van der Waals surface area contributed by atoms with E-state index >= 15 is 0 Å². The molecular weight excluding hydrogens is 224 g/mol. The molecule has 0 saturated carbocycles. The number of quaternary nitrogens is 1. The van der Waals surface area contributed by atoms with Crippen LogP contribution in [-0.4, -0.2) is 53.0 Å². The Morgan fingerprint density at radius 1 is 1.00 bits per heavy atom. The molecule has 1 N–H and O–H groups in total. The van der Waals surface area contributed by atoms with Gasteiger partial charge in [0.15, 0.2) is 0 Å². The number of piperidine rings is 1. The maximum atomic E-state index is 10.2. The predicted molar refractivity (Wildman–Crippen MR) is 62.8 cm³/mol. The van der Waals surface area contributed by atoms with E-state index in [-0.39, 0.29) is 23.5 Å². The second-order valence-electron chi connectivity index (χ2n) is 7.11. The fourth-order valence-electron chi connectivity index (χ4n) is 2.77. The lowest BCUT2D eigenvalue weighted by atomic mass is 9.78. The Labute approximate surface area is 106 Å². The maximum absolute atomic E-state index is 10.2. The van der Waals surface area contributed by atoms with Crippen molar-refractivity contribution in [1.82, 2.24) is 5.06 Å². The zero-order valence-electron chi connectivity index (χ0n) is 11.7. The highest BCUT2D eigenvalue weighted by Gasteiger charge is 2.48. The summed E-state index contributed by atoms with van der Waals surface area (Å²) in [5.41, 5.74) is -0.254. The van der Waals surface area contributed by atoms with Crippen molar-refractivity contribution in [1.29, 1.82) is 0 Å². The molecule has 3 nitrogen and oxygen atoms in total. The lowest BCUT2D eigenvalue weighted by molar-refractivity contribution is -0.899. The molecule has 1 fully saturated rings. The summed E-state index contributed by atoms with van der Waals surface area (Å²) >= 11 is 0. The molecule has 4 heteroatoms. The minimum absolute atomic E-state index is 0. The second-order valence-corrected chi connectivity index (χ2v) is 7.11. The lowest BCUT2D eigenvalue weighted by Gasteiger charge is -2.54. The summed E-state index contributed by atoms with van der Waals surface area (Å²) in [6, 6.07) is 0.610. The summed E-state index contributed by atoms with van der Waals surface area (Å²) < 4.78 is 0.973. The standard InChI is InChI=1S/C12H27N2O.ClH/c1-11(2)8-10(14(5,6)7)9-12(3,4)13(11)15;/h10,15H,8-9H2,1-7H3;1H/q+1;/p-1. The molecule has 1 aliphatic heterocycles. The lowest BCUT2D eigenvalue weighted by Crippen LogP contribution is -3.00. The largest absolute Gasteiger partial charge is 1.00 e. The number of hydrogen-bond donors (Lipinski definition) is 1. The molecule has 1 rings (SSSR count). The first-order valence-corrected chi connectivity index (χ1v) is 5.77. The van der Waals surface area contributed by atoms with E-state index in [0.29, 0.717) is 6.04 Å². The molecular formula is C12H27ClN2O. The molecule has 1 heterocycles. The molecule has 0 radical (unpaired) electrons. The normalized spacial score (nSPS) is 26.2. The average Bonchev–Trinajstić information content (AvgIpc) is 1.97. The van der Waals surface area contributed by atoms with Gasteiger partial charge in [-0.15, -0.1) is 0 Å². The minimum Gasteiger partial charge on any atom is -1.00 e. The number of hydroxylamine groups is 2. The molecule has 98 valence electrons. The van der Waals surface area contributed by atoms with Gasteiger partial charge in [-0.25, -0.2) is 0 Å². The Kier molecular flexibility index (Phi) is 4.49. The van der Waals surface area contributed by atoms with E-state index in [1.165, 1.54) is 0 Å². The van der Waals surface area contributed by atoms with Crippen LogP contribution in [0.15, 0.2) is 0 Å². The van der Waals surface area contributed by atoms with Crippen molar-refractivity contribution in [3.63, 3.8) is 0 Å². The van der Waals surface area contributed by atoms with Crippen LogP contribution < -0.4 is 12.4 Å². The van der Waals surface area contributed by atoms with Gasteiger partial charge in [0.2, 0.25) is 0 Å². The van der Waals surface area contributed by atoms with E-state index in [9.17, 15) is 5.21 Å². The van der Waals surface area contributed by atoms with E-state index in [2.05, 4.69) is 48.8 Å². The summed E-state index contributed by atoms with van der Waals surface area (Å²) in [4.78, 5) is 0. The molecule has 0 aromatic heterocycles. The summed E-state index contributed by atoms with van der Waals surface area (Å²) in [5, 5.41) is 11.7.